The molecule has 1 aromatic carbocycles. The second kappa shape index (κ2) is 10.9. The van der Waals surface area contributed by atoms with Gasteiger partial charge in [0.15, 0.2) is 0 Å². The number of benzene rings is 1. The van der Waals surface area contributed by atoms with Gasteiger partial charge in [-0.2, -0.15) is 0 Å². The number of nitrogens with zero attached hydrogens (tertiary/aromatic N) is 1. The molecule has 0 saturated carbocycles. The smallest absolute Gasteiger partial charge is 0.322 e. The van der Waals surface area contributed by atoms with Crippen molar-refractivity contribution in [3.05, 3.63) is 35.9 Å². The van der Waals surface area contributed by atoms with Gasteiger partial charge in [0.2, 0.25) is 17.7 Å². The van der Waals surface area contributed by atoms with Crippen LogP contribution in [-0.4, -0.2) is 71.5 Å². The number of carbonyl (C=O) groups is 4. The van der Waals surface area contributed by atoms with Crippen LogP contribution < -0.4 is 16.0 Å². The number of hydrogen-bond donors (Lipinski definition) is 4. The van der Waals surface area contributed by atoms with E-state index in [9.17, 15) is 19.2 Å². The van der Waals surface area contributed by atoms with Crippen molar-refractivity contribution >= 4 is 23.7 Å². The number of likely N-dealkylation sites (tertiary alicyclic amines) is 1. The highest BCUT2D eigenvalue weighted by molar-refractivity contribution is 5.91. The molecule has 9 nitrogen and oxygen atoms in total. The van der Waals surface area contributed by atoms with Crippen LogP contribution in [0.2, 0.25) is 0 Å². The molecular formula is C22H30N4O5. The lowest BCUT2D eigenvalue weighted by molar-refractivity contribution is -0.140. The summed E-state index contributed by atoms with van der Waals surface area (Å²) in [6.45, 7) is 0.896. The molecule has 2 aliphatic heterocycles. The van der Waals surface area contributed by atoms with Gasteiger partial charge in [-0.3, -0.25) is 19.2 Å². The molecule has 0 aliphatic carbocycles. The molecule has 3 atom stereocenters. The topological polar surface area (TPSA) is 128 Å². The Labute approximate surface area is 181 Å². The molecule has 1 aromatic rings. The van der Waals surface area contributed by atoms with Crippen molar-refractivity contribution in [2.75, 3.05) is 19.6 Å². The Hall–Kier alpha value is -2.94. The number of nitrogens with one attached hydrogen (secondary N) is 3. The van der Waals surface area contributed by atoms with Crippen LogP contribution in [-0.2, 0) is 25.6 Å². The zero-order valence-electron chi connectivity index (χ0n) is 17.5. The van der Waals surface area contributed by atoms with Crippen LogP contribution in [0.5, 0.6) is 0 Å². The monoisotopic (exact) mass is 430 g/mol. The van der Waals surface area contributed by atoms with Crippen molar-refractivity contribution in [2.45, 2.75) is 56.7 Å². The van der Waals surface area contributed by atoms with Gasteiger partial charge in [-0.15, -0.1) is 0 Å². The summed E-state index contributed by atoms with van der Waals surface area (Å²) >= 11 is 0. The SMILES string of the molecule is O=C(O)CNC(=O)C[C@H](Cc1ccccc1)NC(=O)[C@H]1CCCN1C(=O)[C@@H]1CCCN1. The highest BCUT2D eigenvalue weighted by Crippen LogP contribution is 2.21. The average Bonchev–Trinajstić information content (AvgIpc) is 3.44. The van der Waals surface area contributed by atoms with E-state index >= 15 is 0 Å². The van der Waals surface area contributed by atoms with Gasteiger partial charge in [0.1, 0.15) is 12.6 Å². The number of amides is 3. The van der Waals surface area contributed by atoms with E-state index in [1.807, 2.05) is 30.3 Å². The maximum Gasteiger partial charge on any atom is 0.322 e. The van der Waals surface area contributed by atoms with E-state index in [1.54, 1.807) is 4.90 Å². The highest BCUT2D eigenvalue weighted by atomic mass is 16.4. The Morgan fingerprint density at radius 2 is 1.90 bits per heavy atom. The van der Waals surface area contributed by atoms with Gasteiger partial charge in [0.05, 0.1) is 6.04 Å². The molecule has 31 heavy (non-hydrogen) atoms. The van der Waals surface area contributed by atoms with Gasteiger partial charge in [-0.05, 0) is 44.2 Å². The van der Waals surface area contributed by atoms with Gasteiger partial charge in [-0.25, -0.2) is 0 Å². The molecule has 2 fully saturated rings. The van der Waals surface area contributed by atoms with Crippen LogP contribution in [0, 0.1) is 0 Å². The standard InChI is InChI=1S/C22H30N4O5/c27-19(24-14-20(28)29)13-16(12-15-6-2-1-3-7-15)25-21(30)18-9-5-11-26(18)22(31)17-8-4-10-23-17/h1-3,6-7,16-18,23H,4-5,8-14H2,(H,24,27)(H,25,30)(H,28,29)/t16-,17-,18+/m0/s1. The van der Waals surface area contributed by atoms with Gasteiger partial charge in [-0.1, -0.05) is 30.3 Å². The Bertz CT molecular complexity index is 794. The van der Waals surface area contributed by atoms with E-state index in [2.05, 4.69) is 16.0 Å². The molecule has 3 amide bonds. The van der Waals surface area contributed by atoms with Crippen molar-refractivity contribution < 1.29 is 24.3 Å². The molecule has 0 bridgehead atoms. The van der Waals surface area contributed by atoms with E-state index < -0.39 is 30.5 Å². The van der Waals surface area contributed by atoms with Gasteiger partial charge >= 0.3 is 5.97 Å². The van der Waals surface area contributed by atoms with E-state index in [1.165, 1.54) is 0 Å². The summed E-state index contributed by atoms with van der Waals surface area (Å²) < 4.78 is 0. The molecular weight excluding hydrogens is 400 g/mol. The van der Waals surface area contributed by atoms with Crippen LogP contribution >= 0.6 is 0 Å². The number of aliphatic carboxylic acids is 1. The quantitative estimate of drug-likeness (QED) is 0.438. The average molecular weight is 431 g/mol. The maximum atomic E-state index is 13.1. The van der Waals surface area contributed by atoms with Crippen molar-refractivity contribution in [2.24, 2.45) is 0 Å². The molecule has 168 valence electrons. The molecule has 0 unspecified atom stereocenters. The number of carboxylic acids is 1. The zero-order valence-corrected chi connectivity index (χ0v) is 17.5. The fraction of sp³-hybridized carbons (Fsp3) is 0.545. The van der Waals surface area contributed by atoms with Gasteiger partial charge < -0.3 is 26.0 Å². The fourth-order valence-electron chi connectivity index (χ4n) is 4.24. The summed E-state index contributed by atoms with van der Waals surface area (Å²) in [6, 6.07) is 8.18. The predicted molar refractivity (Wildman–Crippen MR) is 113 cm³/mol. The van der Waals surface area contributed by atoms with Gasteiger partial charge in [0, 0.05) is 19.0 Å². The van der Waals surface area contributed by atoms with Crippen LogP contribution in [0.3, 0.4) is 0 Å². The molecule has 0 aromatic heterocycles. The molecule has 2 heterocycles. The minimum absolute atomic E-state index is 0.0334. The second-order valence-electron chi connectivity index (χ2n) is 8.11. The lowest BCUT2D eigenvalue weighted by Crippen LogP contribution is -2.53. The number of carboxylic acid groups (broad SMARTS) is 1. The van der Waals surface area contributed by atoms with Gasteiger partial charge in [0.25, 0.3) is 0 Å². The molecule has 0 radical (unpaired) electrons. The Kier molecular flexibility index (Phi) is 8.00. The third-order valence-electron chi connectivity index (χ3n) is 5.74. The third-order valence-corrected chi connectivity index (χ3v) is 5.74. The van der Waals surface area contributed by atoms with Crippen LogP contribution in [0.15, 0.2) is 30.3 Å². The van der Waals surface area contributed by atoms with E-state index in [0.29, 0.717) is 19.4 Å². The molecule has 0 spiro atoms. The summed E-state index contributed by atoms with van der Waals surface area (Å²) in [5.74, 6) is -1.87. The summed E-state index contributed by atoms with van der Waals surface area (Å²) in [6.07, 6.45) is 3.47. The summed E-state index contributed by atoms with van der Waals surface area (Å²) in [5, 5.41) is 17.2. The minimum Gasteiger partial charge on any atom is -0.480 e. The minimum atomic E-state index is -1.13. The van der Waals surface area contributed by atoms with Crippen molar-refractivity contribution in [1.29, 1.82) is 0 Å². The Balaban J connectivity index is 1.65. The number of hydrogen-bond acceptors (Lipinski definition) is 5. The molecule has 2 aliphatic rings. The van der Waals surface area contributed by atoms with E-state index in [-0.39, 0.29) is 24.3 Å². The van der Waals surface area contributed by atoms with Crippen LogP contribution in [0.25, 0.3) is 0 Å². The zero-order chi connectivity index (χ0) is 22.2. The largest absolute Gasteiger partial charge is 0.480 e. The molecule has 9 heteroatoms. The second-order valence-corrected chi connectivity index (χ2v) is 8.11. The first kappa shape index (κ1) is 22.7. The molecule has 2 saturated heterocycles. The predicted octanol–water partition coefficient (Wildman–Crippen LogP) is 0.0478. The lowest BCUT2D eigenvalue weighted by atomic mass is 10.0. The first-order valence-corrected chi connectivity index (χ1v) is 10.8. The van der Waals surface area contributed by atoms with Crippen molar-refractivity contribution in [1.82, 2.24) is 20.9 Å². The van der Waals surface area contributed by atoms with E-state index in [0.717, 1.165) is 31.4 Å². The summed E-state index contributed by atoms with van der Waals surface area (Å²) in [5.41, 5.74) is 0.952. The lowest BCUT2D eigenvalue weighted by Gasteiger charge is -2.28. The molecule has 4 N–H and O–H groups in total. The first-order valence-electron chi connectivity index (χ1n) is 10.8. The normalized spacial score (nSPS) is 21.5. The Morgan fingerprint density at radius 1 is 1.13 bits per heavy atom. The highest BCUT2D eigenvalue weighted by Gasteiger charge is 2.38. The molecule has 3 rings (SSSR count). The third kappa shape index (κ3) is 6.52. The van der Waals surface area contributed by atoms with Crippen LogP contribution in [0.4, 0.5) is 0 Å². The fourth-order valence-corrected chi connectivity index (χ4v) is 4.24. The maximum absolute atomic E-state index is 13.1. The summed E-state index contributed by atoms with van der Waals surface area (Å²) in [4.78, 5) is 50.5. The number of rotatable bonds is 9. The van der Waals surface area contributed by atoms with Crippen molar-refractivity contribution in [3.8, 4) is 0 Å². The first-order chi connectivity index (χ1) is 14.9. The van der Waals surface area contributed by atoms with Crippen molar-refractivity contribution in [3.63, 3.8) is 0 Å². The van der Waals surface area contributed by atoms with E-state index in [4.69, 9.17) is 5.11 Å². The number of carbonyl (C=O) groups excluding carboxylic acids is 3. The summed E-state index contributed by atoms with van der Waals surface area (Å²) in [7, 11) is 0. The Morgan fingerprint density at radius 3 is 2.58 bits per heavy atom. The van der Waals surface area contributed by atoms with Crippen LogP contribution in [0.1, 0.15) is 37.7 Å².